The van der Waals surface area contributed by atoms with Crippen LogP contribution in [0.2, 0.25) is 0 Å². The summed E-state index contributed by atoms with van der Waals surface area (Å²) >= 11 is 0. The lowest BCUT2D eigenvalue weighted by molar-refractivity contribution is -0.149. The predicted octanol–water partition coefficient (Wildman–Crippen LogP) is 1.69. The van der Waals surface area contributed by atoms with Crippen molar-refractivity contribution in [3.05, 3.63) is 23.8 Å². The summed E-state index contributed by atoms with van der Waals surface area (Å²) in [6, 6.07) is 5.54. The SMILES string of the molecule is CC(C(=O)NCCc1ccc2c(c1)OCCO2)N1C[C@@H]2CCC[C@@]2(C(=O)O)C1. The molecule has 2 aliphatic heterocycles. The number of benzene rings is 1. The van der Waals surface area contributed by atoms with Gasteiger partial charge in [0.2, 0.25) is 5.91 Å². The van der Waals surface area contributed by atoms with Gasteiger partial charge in [0.05, 0.1) is 11.5 Å². The minimum atomic E-state index is -0.705. The molecule has 1 amide bonds. The Morgan fingerprint density at radius 1 is 1.32 bits per heavy atom. The quantitative estimate of drug-likeness (QED) is 0.771. The minimum absolute atomic E-state index is 0.0435. The van der Waals surface area contributed by atoms with Crippen LogP contribution in [0.15, 0.2) is 18.2 Å². The Hall–Kier alpha value is -2.28. The van der Waals surface area contributed by atoms with E-state index in [-0.39, 0.29) is 17.9 Å². The van der Waals surface area contributed by atoms with Gasteiger partial charge >= 0.3 is 5.97 Å². The first-order valence-corrected chi connectivity index (χ1v) is 10.1. The van der Waals surface area contributed by atoms with Crippen molar-refractivity contribution < 1.29 is 24.2 Å². The zero-order valence-corrected chi connectivity index (χ0v) is 16.3. The molecule has 1 saturated heterocycles. The molecule has 2 fully saturated rings. The van der Waals surface area contributed by atoms with Gasteiger partial charge in [-0.3, -0.25) is 14.5 Å². The van der Waals surface area contributed by atoms with Crippen LogP contribution >= 0.6 is 0 Å². The van der Waals surface area contributed by atoms with Crippen LogP contribution in [0.1, 0.15) is 31.7 Å². The number of aliphatic carboxylic acids is 1. The number of carbonyl (C=O) groups excluding carboxylic acids is 1. The van der Waals surface area contributed by atoms with Crippen LogP contribution in [-0.2, 0) is 16.0 Å². The first kappa shape index (κ1) is 19.1. The summed E-state index contributed by atoms with van der Waals surface area (Å²) in [7, 11) is 0. The normalized spacial score (nSPS) is 27.2. The maximum Gasteiger partial charge on any atom is 0.311 e. The van der Waals surface area contributed by atoms with Crippen LogP contribution in [0, 0.1) is 11.3 Å². The molecule has 2 N–H and O–H groups in total. The molecular formula is C21H28N2O5. The van der Waals surface area contributed by atoms with Gasteiger partial charge in [0.15, 0.2) is 11.5 Å². The molecule has 3 aliphatic rings. The fourth-order valence-electron chi connectivity index (χ4n) is 4.86. The number of nitrogens with one attached hydrogen (secondary N) is 1. The molecule has 1 aliphatic carbocycles. The molecule has 0 radical (unpaired) electrons. The Labute approximate surface area is 165 Å². The number of nitrogens with zero attached hydrogens (tertiary/aromatic N) is 1. The molecule has 7 nitrogen and oxygen atoms in total. The van der Waals surface area contributed by atoms with E-state index in [1.165, 1.54) is 0 Å². The summed E-state index contributed by atoms with van der Waals surface area (Å²) < 4.78 is 11.1. The molecule has 4 rings (SSSR count). The number of hydrogen-bond acceptors (Lipinski definition) is 5. The van der Waals surface area contributed by atoms with E-state index in [0.29, 0.717) is 39.3 Å². The summed E-state index contributed by atoms with van der Waals surface area (Å²) in [4.78, 5) is 26.5. The highest BCUT2D eigenvalue weighted by atomic mass is 16.6. The zero-order chi connectivity index (χ0) is 19.7. The second-order valence-corrected chi connectivity index (χ2v) is 8.17. The van der Waals surface area contributed by atoms with E-state index < -0.39 is 11.4 Å². The van der Waals surface area contributed by atoms with Gasteiger partial charge in [-0.25, -0.2) is 0 Å². The standard InChI is InChI=1S/C21H28N2O5/c1-14(23-12-16-3-2-7-21(16,13-23)20(25)26)19(24)22-8-6-15-4-5-17-18(11-15)28-10-9-27-17/h4-5,11,14,16H,2-3,6-10,12-13H2,1H3,(H,22,24)(H,25,26)/t14?,16-,21+/m0/s1. The van der Waals surface area contributed by atoms with E-state index in [1.54, 1.807) is 0 Å². The maximum atomic E-state index is 12.6. The fourth-order valence-corrected chi connectivity index (χ4v) is 4.86. The second kappa shape index (κ2) is 7.62. The Morgan fingerprint density at radius 2 is 2.11 bits per heavy atom. The number of hydrogen-bond donors (Lipinski definition) is 2. The van der Waals surface area contributed by atoms with Gasteiger partial charge in [-0.15, -0.1) is 0 Å². The highest BCUT2D eigenvalue weighted by molar-refractivity contribution is 5.82. The number of fused-ring (bicyclic) bond motifs is 2. The third-order valence-electron chi connectivity index (χ3n) is 6.57. The number of carbonyl (C=O) groups is 2. The Kier molecular flexibility index (Phi) is 5.19. The molecule has 1 aromatic carbocycles. The van der Waals surface area contributed by atoms with Crippen molar-refractivity contribution >= 4 is 11.9 Å². The van der Waals surface area contributed by atoms with Crippen LogP contribution < -0.4 is 14.8 Å². The smallest absolute Gasteiger partial charge is 0.311 e. The fraction of sp³-hybridized carbons (Fsp3) is 0.619. The number of carboxylic acids is 1. The largest absolute Gasteiger partial charge is 0.486 e. The van der Waals surface area contributed by atoms with Crippen LogP contribution in [0.4, 0.5) is 0 Å². The van der Waals surface area contributed by atoms with Gasteiger partial charge in [0.25, 0.3) is 0 Å². The van der Waals surface area contributed by atoms with Gasteiger partial charge in [-0.05, 0) is 49.8 Å². The van der Waals surface area contributed by atoms with E-state index in [0.717, 1.165) is 36.3 Å². The lowest BCUT2D eigenvalue weighted by Gasteiger charge is -2.26. The number of likely N-dealkylation sites (tertiary alicyclic amines) is 1. The molecule has 7 heteroatoms. The van der Waals surface area contributed by atoms with Gasteiger partial charge in [-0.2, -0.15) is 0 Å². The Balaban J connectivity index is 1.29. The summed E-state index contributed by atoms with van der Waals surface area (Å²) in [6.07, 6.45) is 3.35. The maximum absolute atomic E-state index is 12.6. The van der Waals surface area contributed by atoms with Crippen LogP contribution in [0.5, 0.6) is 11.5 Å². The molecule has 0 bridgehead atoms. The van der Waals surface area contributed by atoms with E-state index in [2.05, 4.69) is 5.32 Å². The Morgan fingerprint density at radius 3 is 2.86 bits per heavy atom. The van der Waals surface area contributed by atoms with E-state index in [4.69, 9.17) is 9.47 Å². The van der Waals surface area contributed by atoms with Gasteiger partial charge in [0, 0.05) is 19.6 Å². The van der Waals surface area contributed by atoms with Gasteiger partial charge < -0.3 is 19.9 Å². The summed E-state index contributed by atoms with van der Waals surface area (Å²) in [5, 5.41) is 12.7. The first-order valence-electron chi connectivity index (χ1n) is 10.1. The zero-order valence-electron chi connectivity index (χ0n) is 16.3. The molecule has 3 atom stereocenters. The van der Waals surface area contributed by atoms with E-state index >= 15 is 0 Å². The Bertz CT molecular complexity index is 767. The predicted molar refractivity (Wildman–Crippen MR) is 103 cm³/mol. The lowest BCUT2D eigenvalue weighted by atomic mass is 9.81. The van der Waals surface area contributed by atoms with E-state index in [1.807, 2.05) is 30.0 Å². The highest BCUT2D eigenvalue weighted by Gasteiger charge is 2.55. The first-order chi connectivity index (χ1) is 13.5. The van der Waals surface area contributed by atoms with Crippen LogP contribution in [0.3, 0.4) is 0 Å². The van der Waals surface area contributed by atoms with Crippen LogP contribution in [0.25, 0.3) is 0 Å². The van der Waals surface area contributed by atoms with Gasteiger partial charge in [0.1, 0.15) is 13.2 Å². The topological polar surface area (TPSA) is 88.1 Å². The summed E-state index contributed by atoms with van der Waals surface area (Å²) in [6.45, 7) is 4.70. The number of carboxylic acid groups (broad SMARTS) is 1. The summed E-state index contributed by atoms with van der Waals surface area (Å²) in [5.41, 5.74) is 0.428. The van der Waals surface area contributed by atoms with Gasteiger partial charge in [-0.1, -0.05) is 12.5 Å². The van der Waals surface area contributed by atoms with Crippen molar-refractivity contribution in [1.29, 1.82) is 0 Å². The van der Waals surface area contributed by atoms with Crippen molar-refractivity contribution in [1.82, 2.24) is 10.2 Å². The van der Waals surface area contributed by atoms with Crippen molar-refractivity contribution in [3.8, 4) is 11.5 Å². The number of rotatable bonds is 6. The van der Waals surface area contributed by atoms with Crippen molar-refractivity contribution in [2.24, 2.45) is 11.3 Å². The second-order valence-electron chi connectivity index (χ2n) is 8.17. The van der Waals surface area contributed by atoms with Crippen molar-refractivity contribution in [2.75, 3.05) is 32.8 Å². The average molecular weight is 388 g/mol. The summed E-state index contributed by atoms with van der Waals surface area (Å²) in [5.74, 6) is 0.936. The highest BCUT2D eigenvalue weighted by Crippen LogP contribution is 2.49. The molecule has 152 valence electrons. The molecular weight excluding hydrogens is 360 g/mol. The van der Waals surface area contributed by atoms with E-state index in [9.17, 15) is 14.7 Å². The molecule has 1 aromatic rings. The number of ether oxygens (including phenoxy) is 2. The molecule has 28 heavy (non-hydrogen) atoms. The van der Waals surface area contributed by atoms with Crippen LogP contribution in [-0.4, -0.2) is 60.8 Å². The molecule has 1 saturated carbocycles. The third kappa shape index (κ3) is 3.43. The molecule has 2 heterocycles. The number of amides is 1. The minimum Gasteiger partial charge on any atom is -0.486 e. The monoisotopic (exact) mass is 388 g/mol. The average Bonchev–Trinajstić information content (AvgIpc) is 3.26. The molecule has 0 aromatic heterocycles. The lowest BCUT2D eigenvalue weighted by Crippen LogP contribution is -2.46. The van der Waals surface area contributed by atoms with Crippen molar-refractivity contribution in [2.45, 2.75) is 38.6 Å². The third-order valence-corrected chi connectivity index (χ3v) is 6.57. The van der Waals surface area contributed by atoms with Crippen molar-refractivity contribution in [3.63, 3.8) is 0 Å². The molecule has 1 unspecified atom stereocenters. The molecule has 0 spiro atoms.